The van der Waals surface area contributed by atoms with Crippen LogP contribution in [-0.4, -0.2) is 37.6 Å². The molecular formula is C14H22N2O2S. The van der Waals surface area contributed by atoms with E-state index in [1.807, 2.05) is 30.3 Å². The molecule has 1 aliphatic rings. The molecule has 0 spiro atoms. The maximum atomic E-state index is 12.4. The van der Waals surface area contributed by atoms with Crippen molar-refractivity contribution in [1.82, 2.24) is 4.31 Å². The summed E-state index contributed by atoms with van der Waals surface area (Å²) in [6, 6.07) is 9.99. The summed E-state index contributed by atoms with van der Waals surface area (Å²) < 4.78 is 26.4. The zero-order chi connectivity index (χ0) is 13.7. The van der Waals surface area contributed by atoms with Crippen LogP contribution in [0.25, 0.3) is 0 Å². The Hall–Kier alpha value is -0.910. The second-order valence-electron chi connectivity index (χ2n) is 5.04. The van der Waals surface area contributed by atoms with Crippen molar-refractivity contribution >= 4 is 10.0 Å². The van der Waals surface area contributed by atoms with Crippen molar-refractivity contribution in [2.45, 2.75) is 31.7 Å². The summed E-state index contributed by atoms with van der Waals surface area (Å²) in [5.74, 6) is 0.193. The maximum Gasteiger partial charge on any atom is 0.214 e. The summed E-state index contributed by atoms with van der Waals surface area (Å²) >= 11 is 0. The first-order valence-corrected chi connectivity index (χ1v) is 8.48. The molecule has 1 saturated carbocycles. The van der Waals surface area contributed by atoms with Crippen molar-refractivity contribution in [3.8, 4) is 0 Å². The predicted molar refractivity (Wildman–Crippen MR) is 77.3 cm³/mol. The van der Waals surface area contributed by atoms with Crippen molar-refractivity contribution in [3.05, 3.63) is 35.9 Å². The SMILES string of the molecule is NCCCN(C1CC1)S(=O)(=O)CCc1ccccc1. The number of sulfonamides is 1. The first-order valence-electron chi connectivity index (χ1n) is 6.87. The summed E-state index contributed by atoms with van der Waals surface area (Å²) in [6.45, 7) is 1.11. The zero-order valence-corrected chi connectivity index (χ0v) is 12.0. The Morgan fingerprint density at radius 3 is 2.47 bits per heavy atom. The van der Waals surface area contributed by atoms with Crippen LogP contribution in [0.15, 0.2) is 30.3 Å². The van der Waals surface area contributed by atoms with Gasteiger partial charge in [0.2, 0.25) is 10.0 Å². The molecule has 0 amide bonds. The fraction of sp³-hybridized carbons (Fsp3) is 0.571. The van der Waals surface area contributed by atoms with E-state index < -0.39 is 10.0 Å². The van der Waals surface area contributed by atoms with Gasteiger partial charge in [-0.25, -0.2) is 8.42 Å². The Morgan fingerprint density at radius 1 is 1.21 bits per heavy atom. The van der Waals surface area contributed by atoms with Gasteiger partial charge >= 0.3 is 0 Å². The molecule has 1 fully saturated rings. The van der Waals surface area contributed by atoms with Gasteiger partial charge in [0.1, 0.15) is 0 Å². The van der Waals surface area contributed by atoms with Crippen LogP contribution in [0.2, 0.25) is 0 Å². The van der Waals surface area contributed by atoms with Crippen molar-refractivity contribution in [3.63, 3.8) is 0 Å². The van der Waals surface area contributed by atoms with Crippen LogP contribution in [0, 0.1) is 0 Å². The van der Waals surface area contributed by atoms with E-state index >= 15 is 0 Å². The van der Waals surface area contributed by atoms with Gasteiger partial charge in [0.15, 0.2) is 0 Å². The molecule has 5 heteroatoms. The number of benzene rings is 1. The smallest absolute Gasteiger partial charge is 0.214 e. The lowest BCUT2D eigenvalue weighted by Crippen LogP contribution is -2.37. The van der Waals surface area contributed by atoms with Crippen molar-refractivity contribution < 1.29 is 8.42 Å². The Bertz CT molecular complexity index is 483. The Labute approximate surface area is 115 Å². The molecule has 19 heavy (non-hydrogen) atoms. The number of hydrogen-bond donors (Lipinski definition) is 1. The fourth-order valence-electron chi connectivity index (χ4n) is 2.17. The van der Waals surface area contributed by atoms with Gasteiger partial charge in [0.05, 0.1) is 5.75 Å². The van der Waals surface area contributed by atoms with Gasteiger partial charge in [-0.05, 0) is 37.8 Å². The third kappa shape index (κ3) is 4.30. The average molecular weight is 282 g/mol. The highest BCUT2D eigenvalue weighted by molar-refractivity contribution is 7.89. The molecule has 2 rings (SSSR count). The molecule has 1 aliphatic carbocycles. The van der Waals surface area contributed by atoms with Crippen molar-refractivity contribution in [2.75, 3.05) is 18.8 Å². The van der Waals surface area contributed by atoms with E-state index in [1.54, 1.807) is 4.31 Å². The highest BCUT2D eigenvalue weighted by atomic mass is 32.2. The molecular weight excluding hydrogens is 260 g/mol. The van der Waals surface area contributed by atoms with Gasteiger partial charge in [0, 0.05) is 12.6 Å². The molecule has 0 heterocycles. The summed E-state index contributed by atoms with van der Waals surface area (Å²) in [5.41, 5.74) is 6.55. The predicted octanol–water partition coefficient (Wildman–Crippen LogP) is 1.37. The van der Waals surface area contributed by atoms with E-state index in [2.05, 4.69) is 0 Å². The summed E-state index contributed by atoms with van der Waals surface area (Å²) in [7, 11) is -3.15. The lowest BCUT2D eigenvalue weighted by atomic mass is 10.2. The highest BCUT2D eigenvalue weighted by Gasteiger charge is 2.36. The number of nitrogens with zero attached hydrogens (tertiary/aromatic N) is 1. The molecule has 4 nitrogen and oxygen atoms in total. The third-order valence-electron chi connectivity index (χ3n) is 3.39. The largest absolute Gasteiger partial charge is 0.330 e. The average Bonchev–Trinajstić information content (AvgIpc) is 3.23. The molecule has 1 aromatic carbocycles. The summed E-state index contributed by atoms with van der Waals surface area (Å²) in [5, 5.41) is 0. The van der Waals surface area contributed by atoms with Crippen molar-refractivity contribution in [2.24, 2.45) is 5.73 Å². The van der Waals surface area contributed by atoms with Gasteiger partial charge < -0.3 is 5.73 Å². The number of hydrogen-bond acceptors (Lipinski definition) is 3. The van der Waals surface area contributed by atoms with Crippen molar-refractivity contribution in [1.29, 1.82) is 0 Å². The van der Waals surface area contributed by atoms with E-state index in [0.29, 0.717) is 19.5 Å². The minimum atomic E-state index is -3.15. The molecule has 0 saturated heterocycles. The molecule has 0 bridgehead atoms. The van der Waals surface area contributed by atoms with Crippen LogP contribution in [-0.2, 0) is 16.4 Å². The Kier molecular flexibility index (Phi) is 4.96. The Balaban J connectivity index is 1.95. The quantitative estimate of drug-likeness (QED) is 0.783. The molecule has 1 aromatic rings. The summed E-state index contributed by atoms with van der Waals surface area (Å²) in [4.78, 5) is 0. The van der Waals surface area contributed by atoms with Gasteiger partial charge in [-0.15, -0.1) is 0 Å². The lowest BCUT2D eigenvalue weighted by Gasteiger charge is -2.21. The molecule has 106 valence electrons. The number of aryl methyl sites for hydroxylation is 1. The van der Waals surface area contributed by atoms with Gasteiger partial charge in [-0.2, -0.15) is 4.31 Å². The zero-order valence-electron chi connectivity index (χ0n) is 11.2. The number of nitrogens with two attached hydrogens (primary N) is 1. The number of rotatable bonds is 8. The van der Waals surface area contributed by atoms with E-state index in [1.165, 1.54) is 0 Å². The topological polar surface area (TPSA) is 63.4 Å². The monoisotopic (exact) mass is 282 g/mol. The molecule has 0 unspecified atom stereocenters. The first kappa shape index (κ1) is 14.5. The summed E-state index contributed by atoms with van der Waals surface area (Å²) in [6.07, 6.45) is 3.31. The highest BCUT2D eigenvalue weighted by Crippen LogP contribution is 2.29. The second kappa shape index (κ2) is 6.50. The molecule has 0 radical (unpaired) electrons. The standard InChI is InChI=1S/C14H22N2O2S/c15-10-4-11-16(14-7-8-14)19(17,18)12-9-13-5-2-1-3-6-13/h1-3,5-6,14H,4,7-12,15H2. The van der Waals surface area contributed by atoms with Crippen LogP contribution < -0.4 is 5.73 Å². The van der Waals surface area contributed by atoms with Crippen LogP contribution in [0.1, 0.15) is 24.8 Å². The minimum Gasteiger partial charge on any atom is -0.330 e. The van der Waals surface area contributed by atoms with E-state index in [-0.39, 0.29) is 11.8 Å². The van der Waals surface area contributed by atoms with Crippen LogP contribution >= 0.6 is 0 Å². The van der Waals surface area contributed by atoms with E-state index in [0.717, 1.165) is 24.8 Å². The van der Waals surface area contributed by atoms with Crippen LogP contribution in [0.4, 0.5) is 0 Å². The second-order valence-corrected chi connectivity index (χ2v) is 7.08. The molecule has 0 aliphatic heterocycles. The van der Waals surface area contributed by atoms with Crippen LogP contribution in [0.5, 0.6) is 0 Å². The normalized spacial score (nSPS) is 15.9. The first-order chi connectivity index (χ1) is 9.13. The maximum absolute atomic E-state index is 12.4. The fourth-order valence-corrected chi connectivity index (χ4v) is 3.97. The van der Waals surface area contributed by atoms with E-state index in [4.69, 9.17) is 5.73 Å². The third-order valence-corrected chi connectivity index (χ3v) is 5.30. The van der Waals surface area contributed by atoms with Gasteiger partial charge in [-0.1, -0.05) is 30.3 Å². The van der Waals surface area contributed by atoms with Crippen LogP contribution in [0.3, 0.4) is 0 Å². The molecule has 2 N–H and O–H groups in total. The lowest BCUT2D eigenvalue weighted by molar-refractivity contribution is 0.399. The van der Waals surface area contributed by atoms with Gasteiger partial charge in [-0.3, -0.25) is 0 Å². The molecule has 0 aromatic heterocycles. The van der Waals surface area contributed by atoms with Gasteiger partial charge in [0.25, 0.3) is 0 Å². The minimum absolute atomic E-state index is 0.193. The Morgan fingerprint density at radius 2 is 1.89 bits per heavy atom. The van der Waals surface area contributed by atoms with E-state index in [9.17, 15) is 8.42 Å². The molecule has 0 atom stereocenters.